The summed E-state index contributed by atoms with van der Waals surface area (Å²) in [7, 11) is 1.34. The monoisotopic (exact) mass is 374 g/mol. The van der Waals surface area contributed by atoms with Gasteiger partial charge in [0.15, 0.2) is 5.69 Å². The van der Waals surface area contributed by atoms with Gasteiger partial charge in [-0.1, -0.05) is 0 Å². The van der Waals surface area contributed by atoms with Crippen LogP contribution in [0.3, 0.4) is 0 Å². The van der Waals surface area contributed by atoms with Crippen molar-refractivity contribution >= 4 is 23.2 Å². The Hall–Kier alpha value is -2.19. The molecule has 0 radical (unpaired) electrons. The number of carbonyl (C=O) groups excluding carboxylic acids is 2. The van der Waals surface area contributed by atoms with Crippen LogP contribution in [0, 0.1) is 0 Å². The maximum Gasteiger partial charge on any atom is 0.358 e. The zero-order valence-corrected chi connectivity index (χ0v) is 15.6. The number of amides is 1. The van der Waals surface area contributed by atoms with Crippen LogP contribution in [0.4, 0.5) is 0 Å². The first-order valence-electron chi connectivity index (χ1n) is 8.93. The summed E-state index contributed by atoms with van der Waals surface area (Å²) in [6, 6.07) is 6.11. The quantitative estimate of drug-likeness (QED) is 0.834. The van der Waals surface area contributed by atoms with Gasteiger partial charge in [-0.15, -0.1) is 11.3 Å². The minimum Gasteiger partial charge on any atom is -0.464 e. The number of nitrogens with zero attached hydrogens (tertiary/aromatic N) is 3. The van der Waals surface area contributed by atoms with Crippen LogP contribution in [0.2, 0.25) is 0 Å². The Bertz CT molecular complexity index is 822. The Kier molecular flexibility index (Phi) is 4.78. The van der Waals surface area contributed by atoms with Gasteiger partial charge in [-0.2, -0.15) is 5.10 Å². The topological polar surface area (TPSA) is 76.5 Å². The summed E-state index contributed by atoms with van der Waals surface area (Å²) in [5.74, 6) is -0.399. The van der Waals surface area contributed by atoms with Crippen molar-refractivity contribution in [3.8, 4) is 0 Å². The predicted octanol–water partition coefficient (Wildman–Crippen LogP) is 2.20. The van der Waals surface area contributed by atoms with Crippen molar-refractivity contribution in [2.45, 2.75) is 38.4 Å². The lowest BCUT2D eigenvalue weighted by Gasteiger charge is -2.19. The fraction of sp³-hybridized carbons (Fsp3) is 0.500. The second-order valence-electron chi connectivity index (χ2n) is 6.67. The summed E-state index contributed by atoms with van der Waals surface area (Å²) >= 11 is 1.58. The number of rotatable bonds is 3. The van der Waals surface area contributed by atoms with E-state index in [0.29, 0.717) is 31.4 Å². The molecule has 1 fully saturated rings. The number of esters is 1. The van der Waals surface area contributed by atoms with E-state index in [-0.39, 0.29) is 5.91 Å². The van der Waals surface area contributed by atoms with Gasteiger partial charge in [-0.05, 0) is 44.0 Å². The molecule has 0 saturated carbocycles. The fourth-order valence-electron chi connectivity index (χ4n) is 3.58. The number of aromatic nitrogens is 2. The van der Waals surface area contributed by atoms with Crippen molar-refractivity contribution in [1.29, 1.82) is 0 Å². The molecule has 1 saturated heterocycles. The second kappa shape index (κ2) is 7.20. The first-order chi connectivity index (χ1) is 12.7. The summed E-state index contributed by atoms with van der Waals surface area (Å²) in [6.45, 7) is 2.88. The van der Waals surface area contributed by atoms with Gasteiger partial charge in [0.1, 0.15) is 0 Å². The Morgan fingerprint density at radius 2 is 2.19 bits per heavy atom. The zero-order chi connectivity index (χ0) is 18.1. The van der Waals surface area contributed by atoms with E-state index in [1.165, 1.54) is 18.4 Å². The highest BCUT2D eigenvalue weighted by atomic mass is 32.1. The molecule has 7 nitrogen and oxygen atoms in total. The Morgan fingerprint density at radius 3 is 2.96 bits per heavy atom. The molecular weight excluding hydrogens is 352 g/mol. The average Bonchev–Trinajstić information content (AvgIpc) is 3.38. The Labute approximate surface area is 155 Å². The van der Waals surface area contributed by atoms with Crippen LogP contribution in [0.25, 0.3) is 0 Å². The highest BCUT2D eigenvalue weighted by molar-refractivity contribution is 7.14. The zero-order valence-electron chi connectivity index (χ0n) is 14.7. The lowest BCUT2D eigenvalue weighted by Crippen LogP contribution is -2.30. The lowest BCUT2D eigenvalue weighted by molar-refractivity contribution is 0.0593. The molecule has 2 aliphatic heterocycles. The van der Waals surface area contributed by atoms with Gasteiger partial charge in [-0.25, -0.2) is 4.79 Å². The van der Waals surface area contributed by atoms with E-state index < -0.39 is 5.97 Å². The summed E-state index contributed by atoms with van der Waals surface area (Å²) in [6.07, 6.45) is 3.13. The van der Waals surface area contributed by atoms with Gasteiger partial charge >= 0.3 is 5.97 Å². The Morgan fingerprint density at radius 1 is 1.31 bits per heavy atom. The number of aryl methyl sites for hydroxylation is 1. The van der Waals surface area contributed by atoms with Crippen molar-refractivity contribution in [2.75, 3.05) is 20.2 Å². The molecule has 4 rings (SSSR count). The van der Waals surface area contributed by atoms with Crippen molar-refractivity contribution in [3.05, 3.63) is 39.3 Å². The number of hydrogen-bond acceptors (Lipinski definition) is 6. The number of methoxy groups -OCH3 is 1. The van der Waals surface area contributed by atoms with Crippen LogP contribution < -0.4 is 5.32 Å². The first-order valence-corrected chi connectivity index (χ1v) is 9.75. The van der Waals surface area contributed by atoms with Crippen LogP contribution >= 0.6 is 11.3 Å². The van der Waals surface area contributed by atoms with Crippen molar-refractivity contribution in [2.24, 2.45) is 0 Å². The molecule has 0 bridgehead atoms. The number of carbonyl (C=O) groups is 2. The fourth-order valence-corrected chi connectivity index (χ4v) is 4.66. The predicted molar refractivity (Wildman–Crippen MR) is 97.2 cm³/mol. The summed E-state index contributed by atoms with van der Waals surface area (Å²) < 4.78 is 6.55. The maximum atomic E-state index is 13.0. The van der Waals surface area contributed by atoms with E-state index in [1.807, 2.05) is 15.6 Å². The molecule has 0 aromatic carbocycles. The molecule has 1 amide bonds. The molecule has 26 heavy (non-hydrogen) atoms. The van der Waals surface area contributed by atoms with E-state index in [9.17, 15) is 9.59 Å². The highest BCUT2D eigenvalue weighted by Crippen LogP contribution is 2.30. The van der Waals surface area contributed by atoms with Gasteiger partial charge in [0.05, 0.1) is 24.2 Å². The van der Waals surface area contributed by atoms with E-state index >= 15 is 0 Å². The second-order valence-corrected chi connectivity index (χ2v) is 7.78. The van der Waals surface area contributed by atoms with Crippen LogP contribution in [-0.2, 0) is 17.8 Å². The van der Waals surface area contributed by atoms with Crippen molar-refractivity contribution in [1.82, 2.24) is 20.0 Å². The maximum absolute atomic E-state index is 13.0. The number of ether oxygens (including phenoxy) is 1. The Balaban J connectivity index is 1.51. The van der Waals surface area contributed by atoms with Gasteiger partial charge in [-0.3, -0.25) is 9.48 Å². The summed E-state index contributed by atoms with van der Waals surface area (Å²) in [5.41, 5.74) is 1.16. The minimum atomic E-state index is -0.449. The smallest absolute Gasteiger partial charge is 0.358 e. The minimum absolute atomic E-state index is 0.0496. The van der Waals surface area contributed by atoms with Crippen LogP contribution in [0.15, 0.2) is 18.2 Å². The van der Waals surface area contributed by atoms with Crippen molar-refractivity contribution in [3.63, 3.8) is 0 Å². The van der Waals surface area contributed by atoms with E-state index in [0.717, 1.165) is 30.0 Å². The molecule has 2 aliphatic rings. The average molecular weight is 374 g/mol. The molecule has 4 heterocycles. The molecular formula is C18H22N4O3S. The standard InChI is InChI=1S/C18H22N4O3S/c1-25-18(24)14-10-12-11-21(8-3-9-22(12)20-14)17(23)16-6-5-15(26-16)13-4-2-7-19-13/h5-6,10,13,19H,2-4,7-9,11H2,1H3/t13-/m0/s1. The molecule has 8 heteroatoms. The van der Waals surface area contributed by atoms with Gasteiger partial charge < -0.3 is 15.0 Å². The summed E-state index contributed by atoms with van der Waals surface area (Å²) in [5, 5.41) is 7.78. The van der Waals surface area contributed by atoms with Crippen LogP contribution in [0.1, 0.15) is 56.0 Å². The number of hydrogen-bond donors (Lipinski definition) is 1. The molecule has 2 aromatic rings. The van der Waals surface area contributed by atoms with Gasteiger partial charge in [0, 0.05) is 24.0 Å². The largest absolute Gasteiger partial charge is 0.464 e. The summed E-state index contributed by atoms with van der Waals surface area (Å²) in [4.78, 5) is 28.5. The van der Waals surface area contributed by atoms with Crippen molar-refractivity contribution < 1.29 is 14.3 Å². The van der Waals surface area contributed by atoms with E-state index in [1.54, 1.807) is 17.4 Å². The SMILES string of the molecule is COC(=O)c1cc2n(n1)CCCN(C(=O)c1ccc([C@@H]3CCCN3)s1)C2. The third kappa shape index (κ3) is 3.26. The van der Waals surface area contributed by atoms with Gasteiger partial charge in [0.25, 0.3) is 5.91 Å². The molecule has 0 unspecified atom stereocenters. The third-order valence-electron chi connectivity index (χ3n) is 4.94. The third-order valence-corrected chi connectivity index (χ3v) is 6.12. The number of fused-ring (bicyclic) bond motifs is 1. The molecule has 2 aromatic heterocycles. The van der Waals surface area contributed by atoms with E-state index in [4.69, 9.17) is 4.74 Å². The molecule has 1 atom stereocenters. The molecule has 0 aliphatic carbocycles. The van der Waals surface area contributed by atoms with Gasteiger partial charge in [0.2, 0.25) is 0 Å². The van der Waals surface area contributed by atoms with Crippen LogP contribution in [-0.4, -0.2) is 46.8 Å². The number of thiophene rings is 1. The molecule has 138 valence electrons. The van der Waals surface area contributed by atoms with E-state index in [2.05, 4.69) is 16.5 Å². The number of nitrogens with one attached hydrogen (secondary N) is 1. The first kappa shape index (κ1) is 17.2. The lowest BCUT2D eigenvalue weighted by atomic mass is 10.2. The van der Waals surface area contributed by atoms with Crippen LogP contribution in [0.5, 0.6) is 0 Å². The highest BCUT2D eigenvalue weighted by Gasteiger charge is 2.25. The molecule has 0 spiro atoms. The normalized spacial score (nSPS) is 19.9. The molecule has 1 N–H and O–H groups in total.